The second kappa shape index (κ2) is 3.51. The van der Waals surface area contributed by atoms with Gasteiger partial charge in [0.25, 0.3) is 0 Å². The molecule has 2 N–H and O–H groups in total. The van der Waals surface area contributed by atoms with Crippen LogP contribution in [0.4, 0.5) is 0 Å². The van der Waals surface area contributed by atoms with E-state index < -0.39 is 5.60 Å². The van der Waals surface area contributed by atoms with Crippen molar-refractivity contribution in [1.82, 2.24) is 10.2 Å². The summed E-state index contributed by atoms with van der Waals surface area (Å²) in [6, 6.07) is 0.00361. The molecule has 0 radical (unpaired) electrons. The Kier molecular flexibility index (Phi) is 2.49. The van der Waals surface area contributed by atoms with E-state index in [9.17, 15) is 9.90 Å². The summed E-state index contributed by atoms with van der Waals surface area (Å²) in [7, 11) is 0. The highest BCUT2D eigenvalue weighted by Crippen LogP contribution is 2.22. The lowest BCUT2D eigenvalue weighted by Crippen LogP contribution is -2.43. The third kappa shape index (κ3) is 1.91. The molecule has 0 aliphatic carbocycles. The van der Waals surface area contributed by atoms with Crippen LogP contribution in [0.3, 0.4) is 0 Å². The molecule has 2 fully saturated rings. The van der Waals surface area contributed by atoms with E-state index in [4.69, 9.17) is 0 Å². The highest BCUT2D eigenvalue weighted by atomic mass is 16.3. The van der Waals surface area contributed by atoms with Crippen LogP contribution in [0.25, 0.3) is 0 Å². The van der Waals surface area contributed by atoms with Gasteiger partial charge >= 0.3 is 0 Å². The molecule has 1 amide bonds. The molecule has 2 aliphatic heterocycles. The van der Waals surface area contributed by atoms with Gasteiger partial charge in [-0.15, -0.1) is 0 Å². The van der Waals surface area contributed by atoms with Crippen LogP contribution in [-0.2, 0) is 4.79 Å². The summed E-state index contributed by atoms with van der Waals surface area (Å²) < 4.78 is 0. The standard InChI is InChI=1S/C10H18N2O2/c1-10(14)4-6-12(7-10)9(13)8-3-2-5-11-8/h8,11,14H,2-7H2,1H3/t8-,10?/m0/s1. The molecule has 80 valence electrons. The lowest BCUT2D eigenvalue weighted by molar-refractivity contribution is -0.132. The van der Waals surface area contributed by atoms with Gasteiger partial charge in [0.2, 0.25) is 5.91 Å². The maximum Gasteiger partial charge on any atom is 0.239 e. The minimum atomic E-state index is -0.672. The van der Waals surface area contributed by atoms with Crippen molar-refractivity contribution in [1.29, 1.82) is 0 Å². The fourth-order valence-corrected chi connectivity index (χ4v) is 2.25. The Morgan fingerprint density at radius 1 is 1.64 bits per heavy atom. The van der Waals surface area contributed by atoms with Crippen LogP contribution in [0.5, 0.6) is 0 Å². The van der Waals surface area contributed by atoms with Gasteiger partial charge < -0.3 is 15.3 Å². The van der Waals surface area contributed by atoms with Crippen molar-refractivity contribution >= 4 is 5.91 Å². The average molecular weight is 198 g/mol. The van der Waals surface area contributed by atoms with E-state index in [1.54, 1.807) is 11.8 Å². The van der Waals surface area contributed by atoms with Crippen molar-refractivity contribution in [3.8, 4) is 0 Å². The molecule has 0 spiro atoms. The molecule has 0 saturated carbocycles. The third-order valence-corrected chi connectivity index (χ3v) is 3.12. The largest absolute Gasteiger partial charge is 0.388 e. The molecule has 2 aliphatic rings. The highest BCUT2D eigenvalue weighted by Gasteiger charge is 2.36. The van der Waals surface area contributed by atoms with E-state index in [0.29, 0.717) is 19.5 Å². The van der Waals surface area contributed by atoms with E-state index >= 15 is 0 Å². The number of nitrogens with one attached hydrogen (secondary N) is 1. The number of hydrogen-bond acceptors (Lipinski definition) is 3. The first-order valence-corrected chi connectivity index (χ1v) is 5.33. The average Bonchev–Trinajstić information content (AvgIpc) is 2.72. The van der Waals surface area contributed by atoms with Crippen molar-refractivity contribution in [2.75, 3.05) is 19.6 Å². The first-order chi connectivity index (χ1) is 6.58. The summed E-state index contributed by atoms with van der Waals surface area (Å²) in [5.41, 5.74) is -0.672. The monoisotopic (exact) mass is 198 g/mol. The number of carbonyl (C=O) groups is 1. The Balaban J connectivity index is 1.92. The molecule has 2 heterocycles. The molecular formula is C10H18N2O2. The van der Waals surface area contributed by atoms with Crippen molar-refractivity contribution in [3.63, 3.8) is 0 Å². The van der Waals surface area contributed by atoms with Gasteiger partial charge in [0.05, 0.1) is 11.6 Å². The van der Waals surface area contributed by atoms with Gasteiger partial charge in [-0.2, -0.15) is 0 Å². The van der Waals surface area contributed by atoms with Gasteiger partial charge in [0.1, 0.15) is 0 Å². The molecule has 2 rings (SSSR count). The van der Waals surface area contributed by atoms with Gasteiger partial charge in [0.15, 0.2) is 0 Å². The predicted octanol–water partition coefficient (Wildman–Crippen LogP) is -0.278. The molecule has 0 aromatic heterocycles. The van der Waals surface area contributed by atoms with Gasteiger partial charge in [0, 0.05) is 13.1 Å². The Morgan fingerprint density at radius 2 is 2.43 bits per heavy atom. The summed E-state index contributed by atoms with van der Waals surface area (Å²) in [6.45, 7) is 3.93. The van der Waals surface area contributed by atoms with Crippen molar-refractivity contribution in [2.24, 2.45) is 0 Å². The summed E-state index contributed by atoms with van der Waals surface area (Å²) in [6.07, 6.45) is 2.73. The van der Waals surface area contributed by atoms with E-state index in [0.717, 1.165) is 19.4 Å². The zero-order valence-electron chi connectivity index (χ0n) is 8.62. The van der Waals surface area contributed by atoms with Gasteiger partial charge in [-0.25, -0.2) is 0 Å². The maximum absolute atomic E-state index is 11.9. The summed E-state index contributed by atoms with van der Waals surface area (Å²) in [5, 5.41) is 12.9. The topological polar surface area (TPSA) is 52.6 Å². The number of nitrogens with zero attached hydrogens (tertiary/aromatic N) is 1. The number of β-amino-alcohol motifs (C(OH)–C–C–N with tert-alkyl or cyclic N) is 1. The quantitative estimate of drug-likeness (QED) is 0.609. The third-order valence-electron chi connectivity index (χ3n) is 3.12. The first-order valence-electron chi connectivity index (χ1n) is 5.33. The second-order valence-electron chi connectivity index (χ2n) is 4.66. The number of aliphatic hydroxyl groups is 1. The number of amides is 1. The van der Waals surface area contributed by atoms with Crippen LogP contribution in [0.15, 0.2) is 0 Å². The van der Waals surface area contributed by atoms with Crippen LogP contribution in [0.1, 0.15) is 26.2 Å². The van der Waals surface area contributed by atoms with Crippen LogP contribution in [0, 0.1) is 0 Å². The van der Waals surface area contributed by atoms with Crippen LogP contribution in [-0.4, -0.2) is 47.2 Å². The first kappa shape index (κ1) is 9.93. The van der Waals surface area contributed by atoms with Gasteiger partial charge in [-0.1, -0.05) is 0 Å². The van der Waals surface area contributed by atoms with Gasteiger partial charge in [-0.3, -0.25) is 4.79 Å². The zero-order chi connectivity index (χ0) is 10.2. The lowest BCUT2D eigenvalue weighted by atomic mass is 10.1. The van der Waals surface area contributed by atoms with Crippen LogP contribution in [0.2, 0.25) is 0 Å². The number of rotatable bonds is 1. The summed E-state index contributed by atoms with van der Waals surface area (Å²) >= 11 is 0. The lowest BCUT2D eigenvalue weighted by Gasteiger charge is -2.22. The van der Waals surface area contributed by atoms with E-state index in [1.807, 2.05) is 0 Å². The molecule has 4 nitrogen and oxygen atoms in total. The minimum Gasteiger partial charge on any atom is -0.388 e. The normalized spacial score (nSPS) is 37.9. The Morgan fingerprint density at radius 3 is 2.93 bits per heavy atom. The molecule has 1 unspecified atom stereocenters. The number of likely N-dealkylation sites (tertiary alicyclic amines) is 1. The fourth-order valence-electron chi connectivity index (χ4n) is 2.25. The molecule has 0 aromatic rings. The number of hydrogen-bond donors (Lipinski definition) is 2. The Labute approximate surface area is 84.3 Å². The number of carbonyl (C=O) groups excluding carboxylic acids is 1. The zero-order valence-corrected chi connectivity index (χ0v) is 8.62. The predicted molar refractivity (Wildman–Crippen MR) is 52.8 cm³/mol. The van der Waals surface area contributed by atoms with Crippen LogP contribution >= 0.6 is 0 Å². The molecule has 4 heteroatoms. The highest BCUT2D eigenvalue weighted by molar-refractivity contribution is 5.82. The molecule has 14 heavy (non-hydrogen) atoms. The SMILES string of the molecule is CC1(O)CCN(C(=O)[C@@H]2CCCN2)C1. The smallest absolute Gasteiger partial charge is 0.239 e. The second-order valence-corrected chi connectivity index (χ2v) is 4.66. The fraction of sp³-hybridized carbons (Fsp3) is 0.900. The Hall–Kier alpha value is -0.610. The van der Waals surface area contributed by atoms with E-state index in [1.165, 1.54) is 0 Å². The van der Waals surface area contributed by atoms with Crippen molar-refractivity contribution in [2.45, 2.75) is 37.8 Å². The van der Waals surface area contributed by atoms with Crippen molar-refractivity contribution < 1.29 is 9.90 Å². The van der Waals surface area contributed by atoms with E-state index in [2.05, 4.69) is 5.32 Å². The molecule has 2 atom stereocenters. The maximum atomic E-state index is 11.9. The Bertz CT molecular complexity index is 234. The summed E-state index contributed by atoms with van der Waals surface area (Å²) in [4.78, 5) is 13.7. The van der Waals surface area contributed by atoms with E-state index in [-0.39, 0.29) is 11.9 Å². The molecule has 2 saturated heterocycles. The molecule has 0 aromatic carbocycles. The molecule has 0 bridgehead atoms. The molecular weight excluding hydrogens is 180 g/mol. The van der Waals surface area contributed by atoms with Gasteiger partial charge in [-0.05, 0) is 32.7 Å². The minimum absolute atomic E-state index is 0.00361. The summed E-state index contributed by atoms with van der Waals surface area (Å²) in [5.74, 6) is 0.167. The van der Waals surface area contributed by atoms with Crippen LogP contribution < -0.4 is 5.32 Å². The van der Waals surface area contributed by atoms with Crippen molar-refractivity contribution in [3.05, 3.63) is 0 Å².